The van der Waals surface area contributed by atoms with Gasteiger partial charge in [0.25, 0.3) is 0 Å². The van der Waals surface area contributed by atoms with Gasteiger partial charge in [-0.3, -0.25) is 4.68 Å². The molecule has 0 atom stereocenters. The van der Waals surface area contributed by atoms with Gasteiger partial charge in [0.05, 0.1) is 11.4 Å². The molecule has 1 aromatic heterocycles. The molecule has 0 aliphatic carbocycles. The van der Waals surface area contributed by atoms with Crippen molar-refractivity contribution in [2.45, 2.75) is 33.2 Å². The molecule has 2 aromatic rings. The zero-order chi connectivity index (χ0) is 14.0. The van der Waals surface area contributed by atoms with Crippen molar-refractivity contribution in [3.8, 4) is 0 Å². The third-order valence-corrected chi connectivity index (χ3v) is 3.08. The van der Waals surface area contributed by atoms with Gasteiger partial charge in [-0.05, 0) is 30.5 Å². The van der Waals surface area contributed by atoms with Gasteiger partial charge in [-0.1, -0.05) is 19.9 Å². The van der Waals surface area contributed by atoms with E-state index in [0.29, 0.717) is 18.2 Å². The maximum absolute atomic E-state index is 13.7. The van der Waals surface area contributed by atoms with Crippen molar-refractivity contribution in [2.24, 2.45) is 7.05 Å². The molecule has 102 valence electrons. The van der Waals surface area contributed by atoms with Crippen molar-refractivity contribution >= 4 is 5.69 Å². The number of aromatic nitrogens is 2. The van der Waals surface area contributed by atoms with Crippen molar-refractivity contribution in [3.63, 3.8) is 0 Å². The molecule has 0 amide bonds. The zero-order valence-corrected chi connectivity index (χ0v) is 11.9. The fourth-order valence-corrected chi connectivity index (χ4v) is 2.13. The van der Waals surface area contributed by atoms with E-state index in [-0.39, 0.29) is 5.82 Å². The van der Waals surface area contributed by atoms with Crippen LogP contribution in [0.3, 0.4) is 0 Å². The van der Waals surface area contributed by atoms with Gasteiger partial charge in [-0.25, -0.2) is 4.39 Å². The molecule has 1 N–H and O–H groups in total. The lowest BCUT2D eigenvalue weighted by Gasteiger charge is -2.09. The maximum Gasteiger partial charge on any atom is 0.146 e. The average Bonchev–Trinajstić information content (AvgIpc) is 2.69. The second kappa shape index (κ2) is 5.43. The van der Waals surface area contributed by atoms with Crippen LogP contribution in [0.5, 0.6) is 0 Å². The van der Waals surface area contributed by atoms with E-state index < -0.39 is 0 Å². The number of halogens is 1. The molecule has 19 heavy (non-hydrogen) atoms. The van der Waals surface area contributed by atoms with Crippen LogP contribution < -0.4 is 5.32 Å². The van der Waals surface area contributed by atoms with E-state index in [2.05, 4.69) is 24.3 Å². The van der Waals surface area contributed by atoms with Gasteiger partial charge in [0.1, 0.15) is 5.82 Å². The predicted octanol–water partition coefficient (Wildman–Crippen LogP) is 3.60. The number of nitrogens with one attached hydrogen (secondary N) is 1. The van der Waals surface area contributed by atoms with Crippen LogP contribution in [-0.2, 0) is 13.6 Å². The molecule has 0 radical (unpaired) electrons. The second-order valence-electron chi connectivity index (χ2n) is 5.20. The van der Waals surface area contributed by atoms with E-state index in [9.17, 15) is 4.39 Å². The Morgan fingerprint density at radius 3 is 2.74 bits per heavy atom. The molecular weight excluding hydrogens is 241 g/mol. The van der Waals surface area contributed by atoms with Crippen molar-refractivity contribution < 1.29 is 4.39 Å². The highest BCUT2D eigenvalue weighted by Gasteiger charge is 2.11. The van der Waals surface area contributed by atoms with E-state index >= 15 is 0 Å². The Hall–Kier alpha value is -1.84. The van der Waals surface area contributed by atoms with Crippen LogP contribution in [0.4, 0.5) is 10.1 Å². The fourth-order valence-electron chi connectivity index (χ4n) is 2.13. The van der Waals surface area contributed by atoms with E-state index in [0.717, 1.165) is 16.8 Å². The van der Waals surface area contributed by atoms with Gasteiger partial charge >= 0.3 is 0 Å². The van der Waals surface area contributed by atoms with Crippen LogP contribution in [0.15, 0.2) is 24.4 Å². The molecule has 1 aromatic carbocycles. The Morgan fingerprint density at radius 1 is 1.37 bits per heavy atom. The minimum atomic E-state index is -0.213. The number of anilines is 1. The van der Waals surface area contributed by atoms with Gasteiger partial charge in [0, 0.05) is 25.4 Å². The van der Waals surface area contributed by atoms with Crippen LogP contribution in [0.2, 0.25) is 0 Å². The second-order valence-corrected chi connectivity index (χ2v) is 5.20. The molecule has 0 unspecified atom stereocenters. The van der Waals surface area contributed by atoms with Gasteiger partial charge in [0.15, 0.2) is 0 Å². The van der Waals surface area contributed by atoms with Crippen LogP contribution in [0, 0.1) is 12.7 Å². The van der Waals surface area contributed by atoms with Crippen LogP contribution in [-0.4, -0.2) is 9.78 Å². The summed E-state index contributed by atoms with van der Waals surface area (Å²) in [6.07, 6.45) is 1.98. The zero-order valence-electron chi connectivity index (χ0n) is 11.9. The first-order valence-electron chi connectivity index (χ1n) is 6.50. The number of benzene rings is 1. The molecule has 0 saturated carbocycles. The summed E-state index contributed by atoms with van der Waals surface area (Å²) in [7, 11) is 1.90. The molecule has 0 spiro atoms. The molecule has 0 saturated heterocycles. The van der Waals surface area contributed by atoms with Crippen molar-refractivity contribution in [2.75, 3.05) is 5.32 Å². The van der Waals surface area contributed by atoms with E-state index in [1.54, 1.807) is 10.7 Å². The van der Waals surface area contributed by atoms with Crippen molar-refractivity contribution in [3.05, 3.63) is 47.0 Å². The number of hydrogen-bond donors (Lipinski definition) is 1. The van der Waals surface area contributed by atoms with Crippen LogP contribution in [0.1, 0.15) is 36.6 Å². The van der Waals surface area contributed by atoms with Gasteiger partial charge < -0.3 is 5.32 Å². The summed E-state index contributed by atoms with van der Waals surface area (Å²) in [5, 5.41) is 7.58. The molecule has 0 bridgehead atoms. The third kappa shape index (κ3) is 3.13. The molecular formula is C15H20FN3. The Kier molecular flexibility index (Phi) is 3.88. The number of aryl methyl sites for hydroxylation is 2. The third-order valence-electron chi connectivity index (χ3n) is 3.08. The summed E-state index contributed by atoms with van der Waals surface area (Å²) in [6, 6.07) is 5.21. The van der Waals surface area contributed by atoms with E-state index in [4.69, 9.17) is 0 Å². The van der Waals surface area contributed by atoms with E-state index in [1.165, 1.54) is 6.07 Å². The molecule has 0 fully saturated rings. The number of nitrogens with zero attached hydrogens (tertiary/aromatic N) is 2. The van der Waals surface area contributed by atoms with Crippen LogP contribution >= 0.6 is 0 Å². The predicted molar refractivity (Wildman–Crippen MR) is 75.8 cm³/mol. The largest absolute Gasteiger partial charge is 0.378 e. The number of hydrogen-bond acceptors (Lipinski definition) is 2. The van der Waals surface area contributed by atoms with Crippen molar-refractivity contribution in [1.29, 1.82) is 0 Å². The summed E-state index contributed by atoms with van der Waals surface area (Å²) in [5.74, 6) is 0.149. The van der Waals surface area contributed by atoms with Gasteiger partial charge in [0.2, 0.25) is 0 Å². The molecule has 3 nitrogen and oxygen atoms in total. The van der Waals surface area contributed by atoms with Gasteiger partial charge in [-0.15, -0.1) is 0 Å². The number of rotatable bonds is 4. The molecule has 0 aliphatic rings. The lowest BCUT2D eigenvalue weighted by Crippen LogP contribution is -2.04. The standard InChI is InChI=1S/C15H20FN3/c1-10(2)15-12(9-19(4)18-15)8-17-14-6-5-11(3)7-13(14)16/h5-7,9-10,17H,8H2,1-4H3. The normalized spacial score (nSPS) is 11.1. The van der Waals surface area contributed by atoms with Crippen molar-refractivity contribution in [1.82, 2.24) is 9.78 Å². The minimum absolute atomic E-state index is 0.213. The quantitative estimate of drug-likeness (QED) is 0.911. The summed E-state index contributed by atoms with van der Waals surface area (Å²) >= 11 is 0. The first-order valence-corrected chi connectivity index (χ1v) is 6.50. The first kappa shape index (κ1) is 13.6. The summed E-state index contributed by atoms with van der Waals surface area (Å²) < 4.78 is 15.5. The molecule has 0 aliphatic heterocycles. The Morgan fingerprint density at radius 2 is 2.11 bits per heavy atom. The highest BCUT2D eigenvalue weighted by molar-refractivity contribution is 5.46. The Labute approximate surface area is 113 Å². The Balaban J connectivity index is 2.14. The summed E-state index contributed by atoms with van der Waals surface area (Å²) in [6.45, 7) is 6.68. The lowest BCUT2D eigenvalue weighted by atomic mass is 10.1. The molecule has 2 rings (SSSR count). The monoisotopic (exact) mass is 261 g/mol. The lowest BCUT2D eigenvalue weighted by molar-refractivity contribution is 0.629. The smallest absolute Gasteiger partial charge is 0.146 e. The molecule has 4 heteroatoms. The summed E-state index contributed by atoms with van der Waals surface area (Å²) in [5.41, 5.74) is 3.62. The highest BCUT2D eigenvalue weighted by Crippen LogP contribution is 2.20. The SMILES string of the molecule is Cc1ccc(NCc2cn(C)nc2C(C)C)c(F)c1. The first-order chi connectivity index (χ1) is 8.97. The highest BCUT2D eigenvalue weighted by atomic mass is 19.1. The van der Waals surface area contributed by atoms with Crippen LogP contribution in [0.25, 0.3) is 0 Å². The van der Waals surface area contributed by atoms with E-state index in [1.807, 2.05) is 26.2 Å². The maximum atomic E-state index is 13.7. The summed E-state index contributed by atoms with van der Waals surface area (Å²) in [4.78, 5) is 0. The molecule has 1 heterocycles. The average molecular weight is 261 g/mol. The minimum Gasteiger partial charge on any atom is -0.378 e. The Bertz CT molecular complexity index is 573. The fraction of sp³-hybridized carbons (Fsp3) is 0.400. The van der Waals surface area contributed by atoms with Gasteiger partial charge in [-0.2, -0.15) is 5.10 Å². The topological polar surface area (TPSA) is 29.9 Å².